The molecule has 0 aliphatic heterocycles. The quantitative estimate of drug-likeness (QED) is 0.00745. The van der Waals surface area contributed by atoms with Gasteiger partial charge in [-0.15, -0.1) is 0 Å². The molecule has 0 aliphatic carbocycles. The summed E-state index contributed by atoms with van der Waals surface area (Å²) in [7, 11) is 0.427. The van der Waals surface area contributed by atoms with E-state index in [1.54, 1.807) is 75.4 Å². The number of ether oxygens (including phenoxy) is 7. The van der Waals surface area contributed by atoms with Crippen LogP contribution in [0, 0.1) is 87.3 Å². The van der Waals surface area contributed by atoms with Gasteiger partial charge in [-0.1, -0.05) is 87.8 Å². The fourth-order valence-corrected chi connectivity index (χ4v) is 22.8. The van der Waals surface area contributed by atoms with Crippen LogP contribution in [-0.2, 0) is 100 Å². The normalized spacial score (nSPS) is 12.5. The molecule has 0 bridgehead atoms. The predicted molar refractivity (Wildman–Crippen MR) is 428 cm³/mol. The van der Waals surface area contributed by atoms with Gasteiger partial charge in [0.15, 0.2) is 58.2 Å². The fraction of sp³-hybridized carbons (Fsp3) is 0.410. The van der Waals surface area contributed by atoms with Crippen molar-refractivity contribution in [3.8, 4) is 5.75 Å². The van der Waals surface area contributed by atoms with E-state index in [4.69, 9.17) is 23.6 Å². The molecule has 0 fully saturated rings. The third-order valence-electron chi connectivity index (χ3n) is 16.6. The molecule has 672 valence electrons. The van der Waals surface area contributed by atoms with E-state index in [1.807, 2.05) is 25.7 Å². The molecule has 39 heteroatoms. The highest BCUT2D eigenvalue weighted by Crippen LogP contribution is 2.30. The van der Waals surface area contributed by atoms with Gasteiger partial charge >= 0.3 is 42.0 Å². The Balaban J connectivity index is 0.000000394. The predicted octanol–water partition coefficient (Wildman–Crippen LogP) is 17.3. The number of nitrogens with zero attached hydrogens (tertiary/aromatic N) is 1. The molecule has 0 spiro atoms. The van der Waals surface area contributed by atoms with Gasteiger partial charge in [0, 0.05) is 54.5 Å². The number of halogens is 15. The number of nitrogens with one attached hydrogen (secondary N) is 4. The molecule has 0 saturated carbocycles. The van der Waals surface area contributed by atoms with Crippen LogP contribution in [0.2, 0.25) is 58.9 Å². The first-order valence-corrected chi connectivity index (χ1v) is 47.8. The summed E-state index contributed by atoms with van der Waals surface area (Å²) in [6.07, 6.45) is -2.86. The van der Waals surface area contributed by atoms with Crippen molar-refractivity contribution >= 4 is 66.8 Å². The Hall–Kier alpha value is -10.3. The fourth-order valence-electron chi connectivity index (χ4n) is 11.7. The molecule has 0 saturated heterocycles. The Labute approximate surface area is 701 Å². The zero-order chi connectivity index (χ0) is 92.3. The maximum atomic E-state index is 14.1. The number of carbonyl (C=O) groups excluding carboxylic acids is 7. The molecule has 7 aromatic carbocycles. The minimum absolute atomic E-state index is 0.00282. The molecular formula is C83H102F15N5O16Si3. The largest absolute Gasteiger partial charge is 0.469 e. The zero-order valence-corrected chi connectivity index (χ0v) is 73.4. The van der Waals surface area contributed by atoms with E-state index in [0.29, 0.717) is 48.2 Å². The number of rotatable bonds is 33. The van der Waals surface area contributed by atoms with Crippen molar-refractivity contribution in [2.75, 3.05) is 35.5 Å². The average molecular weight is 1790 g/mol. The maximum absolute atomic E-state index is 14.1. The lowest BCUT2D eigenvalue weighted by atomic mass is 10.0. The SMILES string of the molecule is COC(=O)CC(Cc1cc(F)c(F)cc1F)N([Si](C)(C)C)[Si](C)(C)C.COC(=O)CC(Cc1cc(F)c(F)cc1F)NC(=O)OC(C)(C)C.COC(=O)CC(Cc1cc(F)c(F)cc1F)NC(=O)OCc1ccccc1.COC(=O)CC(Cc1cc(F)c(F)cc1F)NO[Si](C)(C)C.COC(=O)CC(Cc1cc(F)c(F)cc1F)NOc1ccccc1. The van der Waals surface area contributed by atoms with Crippen LogP contribution in [0.15, 0.2) is 121 Å². The third kappa shape index (κ3) is 39.7. The van der Waals surface area contributed by atoms with E-state index >= 15 is 0 Å². The number of methoxy groups -OCH3 is 5. The molecule has 2 amide bonds. The second-order valence-electron chi connectivity index (χ2n) is 31.1. The Morgan fingerprint density at radius 2 is 0.631 bits per heavy atom. The van der Waals surface area contributed by atoms with Crippen LogP contribution in [-0.4, -0.2) is 142 Å². The number of esters is 5. The third-order valence-corrected chi connectivity index (χ3v) is 25.0. The summed E-state index contributed by atoms with van der Waals surface area (Å²) < 4.78 is 242. The molecule has 21 nitrogen and oxygen atoms in total. The molecule has 122 heavy (non-hydrogen) atoms. The number of amides is 2. The molecule has 7 aromatic rings. The van der Waals surface area contributed by atoms with Gasteiger partial charge < -0.3 is 57.4 Å². The minimum Gasteiger partial charge on any atom is -0.469 e. The molecule has 0 radical (unpaired) electrons. The standard InChI is InChI=1S/C19H18F3NO4.C17H16F3NO3.C17H28F3NO2Si2.C16H20F3NO4.C14H20F3NO3Si/c1-26-18(24)9-14(7-13-8-16(21)17(22)10-15(13)20)23-19(25)27-11-12-5-3-2-4-6-12;1-23-17(22)9-12(21-24-13-5-3-2-4-6-13)7-11-8-15(19)16(20)10-14(11)18;1-23-17(22)10-13(21(24(2,3)4)25(5,6)7)8-12-9-15(19)16(20)11-14(12)18;1-16(2,3)24-15(22)20-10(7-14(21)23-4)5-9-6-12(18)13(19)8-11(9)17;1-20-14(19)7-10(18-21-22(2,3)4)5-9-6-12(16)13(17)8-11(9)15/h2-6,8,10,14H,7,9,11H2,1H3,(H,23,25);2-6,8,10,12,21H,7,9H2,1H3;9,11,13H,8,10H2,1-7H3;6,8,10H,5,7H2,1-4H3,(H,20,22);6,8,10,18H,5,7H2,1-4H3. The van der Waals surface area contributed by atoms with Gasteiger partial charge in [0.25, 0.3) is 0 Å². The molecule has 0 aliphatic rings. The molecule has 0 heterocycles. The molecular weight excluding hydrogens is 1690 g/mol. The minimum atomic E-state index is -1.92. The Morgan fingerprint density at radius 3 is 0.943 bits per heavy atom. The van der Waals surface area contributed by atoms with E-state index in [1.165, 1.54) is 21.3 Å². The summed E-state index contributed by atoms with van der Waals surface area (Å²) in [5, 5.41) is 4.82. The lowest BCUT2D eigenvalue weighted by Gasteiger charge is -2.48. The van der Waals surface area contributed by atoms with E-state index in [2.05, 4.69) is 84.1 Å². The molecule has 5 atom stereocenters. The number of hydrogen-bond donors (Lipinski definition) is 4. The van der Waals surface area contributed by atoms with Crippen LogP contribution in [0.5, 0.6) is 5.75 Å². The highest BCUT2D eigenvalue weighted by molar-refractivity contribution is 6.89. The smallest absolute Gasteiger partial charge is 0.407 e. The van der Waals surface area contributed by atoms with Gasteiger partial charge in [-0.05, 0) is 148 Å². The van der Waals surface area contributed by atoms with Crippen LogP contribution >= 0.6 is 0 Å². The molecule has 5 unspecified atom stereocenters. The Kier molecular flexibility index (Phi) is 43.6. The number of hydrogen-bond acceptors (Lipinski definition) is 19. The van der Waals surface area contributed by atoms with Crippen molar-refractivity contribution in [2.45, 2.75) is 186 Å². The average Bonchev–Trinajstić information content (AvgIpc) is 0.791. The van der Waals surface area contributed by atoms with E-state index < -0.39 is 184 Å². The van der Waals surface area contributed by atoms with Crippen molar-refractivity contribution in [2.24, 2.45) is 0 Å². The number of alkyl carbamates (subject to hydrolysis) is 2. The van der Waals surface area contributed by atoms with Crippen molar-refractivity contribution < 1.29 is 142 Å². The maximum Gasteiger partial charge on any atom is 0.407 e. The van der Waals surface area contributed by atoms with Crippen LogP contribution in [0.1, 0.15) is 86.3 Å². The van der Waals surface area contributed by atoms with E-state index in [0.717, 1.165) is 38.0 Å². The highest BCUT2D eigenvalue weighted by atomic mass is 28.4. The Morgan fingerprint density at radius 1 is 0.352 bits per heavy atom. The summed E-state index contributed by atoms with van der Waals surface area (Å²) in [6.45, 7) is 23.7. The number of carbonyl (C=O) groups is 7. The molecule has 0 aromatic heterocycles. The van der Waals surface area contributed by atoms with Gasteiger partial charge in [-0.2, -0.15) is 5.48 Å². The number of benzene rings is 7. The summed E-state index contributed by atoms with van der Waals surface area (Å²) in [5.74, 6) is -19.0. The Bertz CT molecular complexity index is 4580. The van der Waals surface area contributed by atoms with E-state index in [9.17, 15) is 99.4 Å². The topological polar surface area (TPSA) is 254 Å². The van der Waals surface area contributed by atoms with Gasteiger partial charge in [0.2, 0.25) is 8.32 Å². The van der Waals surface area contributed by atoms with Crippen molar-refractivity contribution in [3.05, 3.63) is 242 Å². The number of hydroxylamine groups is 2. The van der Waals surface area contributed by atoms with Crippen molar-refractivity contribution in [1.29, 1.82) is 0 Å². The summed E-state index contributed by atoms with van der Waals surface area (Å²) in [6, 6.07) is 20.2. The monoisotopic (exact) mass is 1790 g/mol. The van der Waals surface area contributed by atoms with Crippen molar-refractivity contribution in [3.63, 3.8) is 0 Å². The van der Waals surface area contributed by atoms with Gasteiger partial charge in [-0.25, -0.2) is 80.9 Å². The summed E-state index contributed by atoms with van der Waals surface area (Å²) >= 11 is 0. The summed E-state index contributed by atoms with van der Waals surface area (Å²) in [4.78, 5) is 86.9. The lowest BCUT2D eigenvalue weighted by Crippen LogP contribution is -2.64. The van der Waals surface area contributed by atoms with Gasteiger partial charge in [-0.3, -0.25) is 24.0 Å². The van der Waals surface area contributed by atoms with Crippen LogP contribution in [0.3, 0.4) is 0 Å². The van der Waals surface area contributed by atoms with Crippen LogP contribution in [0.25, 0.3) is 0 Å². The highest BCUT2D eigenvalue weighted by Gasteiger charge is 2.41. The lowest BCUT2D eigenvalue weighted by molar-refractivity contribution is -0.142. The van der Waals surface area contributed by atoms with Gasteiger partial charge in [0.05, 0.1) is 73.7 Å². The second-order valence-corrected chi connectivity index (χ2v) is 45.6. The molecule has 4 N–H and O–H groups in total. The van der Waals surface area contributed by atoms with Gasteiger partial charge in [0.1, 0.15) is 63.5 Å². The van der Waals surface area contributed by atoms with E-state index in [-0.39, 0.29) is 105 Å². The van der Waals surface area contributed by atoms with Crippen LogP contribution < -0.4 is 26.4 Å². The van der Waals surface area contributed by atoms with Crippen molar-refractivity contribution in [1.82, 2.24) is 25.8 Å². The zero-order valence-electron chi connectivity index (χ0n) is 70.4. The summed E-state index contributed by atoms with van der Waals surface area (Å²) in [5.41, 5.74) is 4.91. The first-order chi connectivity index (χ1) is 56.8. The first-order valence-electron chi connectivity index (χ1n) is 37.5. The second kappa shape index (κ2) is 50.3. The number of para-hydroxylation sites is 1. The first kappa shape index (κ1) is 106. The molecule has 7 rings (SSSR count). The van der Waals surface area contributed by atoms with Crippen LogP contribution in [0.4, 0.5) is 75.4 Å².